The first-order valence-corrected chi connectivity index (χ1v) is 8.96. The van der Waals surface area contributed by atoms with Gasteiger partial charge in [0.15, 0.2) is 0 Å². The molecule has 140 valence electrons. The van der Waals surface area contributed by atoms with E-state index in [0.29, 0.717) is 5.39 Å². The summed E-state index contributed by atoms with van der Waals surface area (Å²) in [6.45, 7) is 1.88. The molecule has 28 heavy (non-hydrogen) atoms. The predicted molar refractivity (Wildman–Crippen MR) is 110 cm³/mol. The minimum absolute atomic E-state index is 0.123. The second-order valence-corrected chi connectivity index (χ2v) is 6.56. The van der Waals surface area contributed by atoms with Crippen molar-refractivity contribution in [2.24, 2.45) is 5.73 Å². The molecule has 2 aromatic carbocycles. The molecule has 0 aliphatic rings. The molecule has 4 rings (SSSR count). The van der Waals surface area contributed by atoms with Gasteiger partial charge in [-0.3, -0.25) is 9.36 Å². The molecule has 0 saturated heterocycles. The van der Waals surface area contributed by atoms with Crippen molar-refractivity contribution in [3.05, 3.63) is 83.0 Å². The van der Waals surface area contributed by atoms with E-state index in [2.05, 4.69) is 9.97 Å². The van der Waals surface area contributed by atoms with E-state index in [0.717, 1.165) is 27.9 Å². The highest BCUT2D eigenvalue weighted by atomic mass is 16.5. The molecule has 2 aromatic heterocycles. The molecule has 0 aliphatic carbocycles. The molecule has 0 bridgehead atoms. The first kappa shape index (κ1) is 17.9. The number of aromatic nitrogens is 3. The highest BCUT2D eigenvalue weighted by Crippen LogP contribution is 2.28. The molecular formula is C22H20N4O2. The van der Waals surface area contributed by atoms with Gasteiger partial charge in [-0.15, -0.1) is 0 Å². The van der Waals surface area contributed by atoms with Crippen molar-refractivity contribution in [1.29, 1.82) is 0 Å². The summed E-state index contributed by atoms with van der Waals surface area (Å²) < 4.78 is 6.71. The van der Waals surface area contributed by atoms with Crippen LogP contribution < -0.4 is 16.0 Å². The third-order valence-corrected chi connectivity index (χ3v) is 4.68. The zero-order valence-electron chi connectivity index (χ0n) is 15.7. The number of nitrogens with zero attached hydrogens (tertiary/aromatic N) is 3. The SMILES string of the molecule is COc1ncc(-c2cccc3cc([C@H](C)N)n(-c4ccccc4)c(=O)c23)cn1. The summed E-state index contributed by atoms with van der Waals surface area (Å²) in [6, 6.07) is 17.2. The number of para-hydroxylation sites is 1. The Balaban J connectivity index is 2.05. The van der Waals surface area contributed by atoms with Gasteiger partial charge in [0.25, 0.3) is 5.56 Å². The fourth-order valence-electron chi connectivity index (χ4n) is 3.36. The van der Waals surface area contributed by atoms with Crippen molar-refractivity contribution in [3.63, 3.8) is 0 Å². The van der Waals surface area contributed by atoms with Gasteiger partial charge in [-0.2, -0.15) is 0 Å². The summed E-state index contributed by atoms with van der Waals surface area (Å²) in [4.78, 5) is 22.0. The van der Waals surface area contributed by atoms with E-state index in [1.54, 1.807) is 17.0 Å². The van der Waals surface area contributed by atoms with Gasteiger partial charge in [0, 0.05) is 35.4 Å². The molecule has 0 amide bonds. The van der Waals surface area contributed by atoms with Crippen LogP contribution in [0.25, 0.3) is 27.6 Å². The number of pyridine rings is 1. The second kappa shape index (κ2) is 7.25. The molecule has 0 fully saturated rings. The minimum atomic E-state index is -0.301. The number of hydrogen-bond donors (Lipinski definition) is 1. The molecular weight excluding hydrogens is 352 g/mol. The quantitative estimate of drug-likeness (QED) is 0.593. The lowest BCUT2D eigenvalue weighted by Crippen LogP contribution is -2.26. The van der Waals surface area contributed by atoms with Crippen LogP contribution in [0, 0.1) is 0 Å². The van der Waals surface area contributed by atoms with Crippen LogP contribution in [-0.2, 0) is 0 Å². The number of fused-ring (bicyclic) bond motifs is 1. The molecule has 0 aliphatic heterocycles. The smallest absolute Gasteiger partial charge is 0.316 e. The highest BCUT2D eigenvalue weighted by molar-refractivity contribution is 5.96. The zero-order valence-corrected chi connectivity index (χ0v) is 15.7. The topological polar surface area (TPSA) is 83.0 Å². The van der Waals surface area contributed by atoms with Gasteiger partial charge < -0.3 is 10.5 Å². The summed E-state index contributed by atoms with van der Waals surface area (Å²) in [5.41, 5.74) is 9.13. The lowest BCUT2D eigenvalue weighted by Gasteiger charge is -2.18. The third kappa shape index (κ3) is 3.04. The molecule has 0 saturated carbocycles. The van der Waals surface area contributed by atoms with E-state index in [1.165, 1.54) is 7.11 Å². The first-order chi connectivity index (χ1) is 13.6. The average Bonchev–Trinajstić information content (AvgIpc) is 2.73. The largest absolute Gasteiger partial charge is 0.467 e. The van der Waals surface area contributed by atoms with Crippen LogP contribution in [0.1, 0.15) is 18.7 Å². The highest BCUT2D eigenvalue weighted by Gasteiger charge is 2.17. The van der Waals surface area contributed by atoms with Crippen LogP contribution in [0.2, 0.25) is 0 Å². The minimum Gasteiger partial charge on any atom is -0.467 e. The Morgan fingerprint density at radius 3 is 2.39 bits per heavy atom. The second-order valence-electron chi connectivity index (χ2n) is 6.56. The normalized spacial score (nSPS) is 12.1. The van der Waals surface area contributed by atoms with E-state index in [4.69, 9.17) is 10.5 Å². The van der Waals surface area contributed by atoms with E-state index >= 15 is 0 Å². The predicted octanol–water partition coefficient (Wildman–Crippen LogP) is 3.48. The lowest BCUT2D eigenvalue weighted by atomic mass is 9.99. The zero-order chi connectivity index (χ0) is 19.7. The van der Waals surface area contributed by atoms with Crippen molar-refractivity contribution in [2.45, 2.75) is 13.0 Å². The van der Waals surface area contributed by atoms with Crippen molar-refractivity contribution < 1.29 is 4.74 Å². The Morgan fingerprint density at radius 2 is 1.75 bits per heavy atom. The van der Waals surface area contributed by atoms with Crippen LogP contribution >= 0.6 is 0 Å². The van der Waals surface area contributed by atoms with E-state index in [9.17, 15) is 4.79 Å². The van der Waals surface area contributed by atoms with Gasteiger partial charge in [-0.25, -0.2) is 9.97 Å². The monoisotopic (exact) mass is 372 g/mol. The van der Waals surface area contributed by atoms with Gasteiger partial charge in [-0.1, -0.05) is 36.4 Å². The van der Waals surface area contributed by atoms with Crippen LogP contribution in [0.5, 0.6) is 6.01 Å². The van der Waals surface area contributed by atoms with Gasteiger partial charge >= 0.3 is 6.01 Å². The van der Waals surface area contributed by atoms with E-state index in [1.807, 2.05) is 61.5 Å². The first-order valence-electron chi connectivity index (χ1n) is 8.96. The summed E-state index contributed by atoms with van der Waals surface area (Å²) >= 11 is 0. The van der Waals surface area contributed by atoms with Gasteiger partial charge in [0.2, 0.25) is 0 Å². The fourth-order valence-corrected chi connectivity index (χ4v) is 3.36. The lowest BCUT2D eigenvalue weighted by molar-refractivity contribution is 0.380. The van der Waals surface area contributed by atoms with Crippen molar-refractivity contribution >= 4 is 10.8 Å². The van der Waals surface area contributed by atoms with E-state index in [-0.39, 0.29) is 17.6 Å². The summed E-state index contributed by atoms with van der Waals surface area (Å²) in [5.74, 6) is 0. The van der Waals surface area contributed by atoms with Gasteiger partial charge in [0.05, 0.1) is 12.5 Å². The molecule has 6 heteroatoms. The van der Waals surface area contributed by atoms with E-state index < -0.39 is 0 Å². The maximum atomic E-state index is 13.6. The number of ether oxygens (including phenoxy) is 1. The van der Waals surface area contributed by atoms with Gasteiger partial charge in [-0.05, 0) is 36.1 Å². The molecule has 1 atom stereocenters. The molecule has 2 N–H and O–H groups in total. The molecule has 0 radical (unpaired) electrons. The Hall–Kier alpha value is -3.51. The summed E-state index contributed by atoms with van der Waals surface area (Å²) in [6.07, 6.45) is 3.32. The number of methoxy groups -OCH3 is 1. The standard InChI is InChI=1S/C22H20N4O2/c1-14(23)19-11-15-7-6-10-18(16-12-24-22(28-2)25-13-16)20(15)21(27)26(19)17-8-4-3-5-9-17/h3-14H,23H2,1-2H3/t14-/m0/s1. The number of hydrogen-bond acceptors (Lipinski definition) is 5. The number of rotatable bonds is 4. The molecule has 0 unspecified atom stereocenters. The Labute approximate surface area is 162 Å². The molecule has 2 heterocycles. The van der Waals surface area contributed by atoms with Crippen molar-refractivity contribution in [3.8, 4) is 22.8 Å². The molecule has 4 aromatic rings. The number of benzene rings is 2. The fraction of sp³-hybridized carbons (Fsp3) is 0.136. The van der Waals surface area contributed by atoms with Crippen LogP contribution in [-0.4, -0.2) is 21.6 Å². The Morgan fingerprint density at radius 1 is 1.04 bits per heavy atom. The van der Waals surface area contributed by atoms with Crippen LogP contribution in [0.3, 0.4) is 0 Å². The summed E-state index contributed by atoms with van der Waals surface area (Å²) in [5, 5.41) is 1.43. The maximum absolute atomic E-state index is 13.6. The maximum Gasteiger partial charge on any atom is 0.316 e. The third-order valence-electron chi connectivity index (χ3n) is 4.68. The van der Waals surface area contributed by atoms with Crippen molar-refractivity contribution in [2.75, 3.05) is 7.11 Å². The number of nitrogens with two attached hydrogens (primary N) is 1. The summed E-state index contributed by atoms with van der Waals surface area (Å²) in [7, 11) is 1.51. The van der Waals surface area contributed by atoms with Crippen molar-refractivity contribution in [1.82, 2.24) is 14.5 Å². The Kier molecular flexibility index (Phi) is 4.63. The Bertz CT molecular complexity index is 1180. The molecule has 6 nitrogen and oxygen atoms in total. The average molecular weight is 372 g/mol. The van der Waals surface area contributed by atoms with Crippen LogP contribution in [0.4, 0.5) is 0 Å². The molecule has 0 spiro atoms. The van der Waals surface area contributed by atoms with Gasteiger partial charge in [0.1, 0.15) is 0 Å². The van der Waals surface area contributed by atoms with Crippen LogP contribution in [0.15, 0.2) is 71.8 Å².